The number of aromatic nitrogens is 2. The number of rotatable bonds is 4. The summed E-state index contributed by atoms with van der Waals surface area (Å²) >= 11 is 14.7. The molecule has 0 amide bonds. The van der Waals surface area contributed by atoms with Crippen LogP contribution in [0.25, 0.3) is 42.7 Å². The zero-order valence-corrected chi connectivity index (χ0v) is 22.7. The summed E-state index contributed by atoms with van der Waals surface area (Å²) in [6.45, 7) is -0.0535. The second-order valence-corrected chi connectivity index (χ2v) is 11.7. The molecular weight excluding hydrogens is 585 g/mol. The van der Waals surface area contributed by atoms with Gasteiger partial charge in [-0.2, -0.15) is 0 Å². The molecule has 0 radical (unpaired) electrons. The zero-order valence-electron chi connectivity index (χ0n) is 19.6. The summed E-state index contributed by atoms with van der Waals surface area (Å²) in [6.07, 6.45) is 0. The number of nitrogens with zero attached hydrogens (tertiary/aromatic N) is 2. The number of hydrogen-bond donors (Lipinski definition) is 1. The average Bonchev–Trinajstić information content (AvgIpc) is 3.51. The van der Waals surface area contributed by atoms with Gasteiger partial charge in [0.15, 0.2) is 17.3 Å². The maximum Gasteiger partial charge on any atom is 0.183 e. The van der Waals surface area contributed by atoms with E-state index in [0.29, 0.717) is 47.2 Å². The van der Waals surface area contributed by atoms with Gasteiger partial charge in [0.2, 0.25) is 0 Å². The van der Waals surface area contributed by atoms with E-state index in [0.717, 1.165) is 21.8 Å². The Hall–Kier alpha value is -3.34. The van der Waals surface area contributed by atoms with Gasteiger partial charge in [0.1, 0.15) is 39.9 Å². The molecule has 5 nitrogen and oxygen atoms in total. The highest BCUT2D eigenvalue weighted by atomic mass is 35.5. The Balaban J connectivity index is 1.37. The van der Waals surface area contributed by atoms with Crippen LogP contribution in [0.3, 0.4) is 0 Å². The predicted molar refractivity (Wildman–Crippen MR) is 150 cm³/mol. The smallest absolute Gasteiger partial charge is 0.183 e. The van der Waals surface area contributed by atoms with E-state index in [-0.39, 0.29) is 35.6 Å². The fourth-order valence-electron chi connectivity index (χ4n) is 4.77. The number of aliphatic hydroxyl groups excluding tert-OH is 1. The van der Waals surface area contributed by atoms with E-state index in [4.69, 9.17) is 32.7 Å². The highest BCUT2D eigenvalue weighted by molar-refractivity contribution is 7.20. The number of aliphatic hydroxyl groups is 1. The first-order valence-corrected chi connectivity index (χ1v) is 14.0. The lowest BCUT2D eigenvalue weighted by Gasteiger charge is -2.17. The van der Waals surface area contributed by atoms with Gasteiger partial charge in [0, 0.05) is 26.8 Å². The van der Waals surface area contributed by atoms with Gasteiger partial charge >= 0.3 is 0 Å². The minimum atomic E-state index is -0.556. The van der Waals surface area contributed by atoms with Crippen molar-refractivity contribution in [1.29, 1.82) is 0 Å². The molecule has 0 atom stereocenters. The van der Waals surface area contributed by atoms with Crippen molar-refractivity contribution in [2.24, 2.45) is 0 Å². The normalized spacial score (nSPS) is 12.4. The van der Waals surface area contributed by atoms with Crippen molar-refractivity contribution in [2.75, 3.05) is 0 Å². The Morgan fingerprint density at radius 3 is 2.41 bits per heavy atom. The van der Waals surface area contributed by atoms with Crippen molar-refractivity contribution < 1.29 is 23.4 Å². The van der Waals surface area contributed by atoms with Crippen molar-refractivity contribution in [3.05, 3.63) is 86.3 Å². The van der Waals surface area contributed by atoms with E-state index < -0.39 is 11.6 Å². The van der Waals surface area contributed by atoms with Gasteiger partial charge in [-0.15, -0.1) is 22.7 Å². The molecule has 0 spiro atoms. The van der Waals surface area contributed by atoms with E-state index in [9.17, 15) is 9.50 Å². The maximum absolute atomic E-state index is 16.0. The van der Waals surface area contributed by atoms with E-state index in [1.807, 2.05) is 0 Å². The molecule has 0 bridgehead atoms. The number of benzene rings is 2. The molecule has 39 heavy (non-hydrogen) atoms. The number of halogens is 4. The van der Waals surface area contributed by atoms with E-state index in [1.165, 1.54) is 23.5 Å². The van der Waals surface area contributed by atoms with Crippen molar-refractivity contribution >= 4 is 66.0 Å². The first-order chi connectivity index (χ1) is 18.9. The van der Waals surface area contributed by atoms with E-state index >= 15 is 4.39 Å². The molecule has 0 saturated heterocycles. The van der Waals surface area contributed by atoms with Gasteiger partial charge in [0.25, 0.3) is 0 Å². The molecule has 1 aliphatic rings. The Kier molecular flexibility index (Phi) is 5.94. The Morgan fingerprint density at radius 2 is 1.59 bits per heavy atom. The van der Waals surface area contributed by atoms with Crippen LogP contribution in [0.5, 0.6) is 17.2 Å². The molecule has 0 fully saturated rings. The molecular formula is C28H14Cl2F2N2O3S2. The molecule has 1 N–H and O–H groups in total. The molecule has 11 heteroatoms. The van der Waals surface area contributed by atoms with Crippen LogP contribution in [0.4, 0.5) is 8.78 Å². The first kappa shape index (κ1) is 24.7. The average molecular weight is 599 g/mol. The summed E-state index contributed by atoms with van der Waals surface area (Å²) in [5.74, 6) is -0.201. The number of hydrogen-bond acceptors (Lipinski definition) is 7. The first-order valence-electron chi connectivity index (χ1n) is 11.6. The molecule has 0 aliphatic carbocycles. The predicted octanol–water partition coefficient (Wildman–Crippen LogP) is 9.00. The topological polar surface area (TPSA) is 64.5 Å². The van der Waals surface area contributed by atoms with E-state index in [2.05, 4.69) is 9.97 Å². The largest absolute Gasteiger partial charge is 0.486 e. The number of thiophene rings is 2. The number of pyridine rings is 2. The van der Waals surface area contributed by atoms with Crippen molar-refractivity contribution in [2.45, 2.75) is 13.2 Å². The Morgan fingerprint density at radius 1 is 0.846 bits per heavy atom. The third-order valence-corrected chi connectivity index (χ3v) is 9.21. The summed E-state index contributed by atoms with van der Waals surface area (Å²) in [5.41, 5.74) is 2.12. The molecule has 194 valence electrons. The SMILES string of the molecule is OCc1sc2c(F)cccc2c1-c1nc(Cl)ccc1Oc1ccc2c3c(sc2c1F)COc1ccc(Cl)nc1-3. The fraction of sp³-hybridized carbons (Fsp3) is 0.0714. The summed E-state index contributed by atoms with van der Waals surface area (Å²) in [6, 6.07) is 14.5. The van der Waals surface area contributed by atoms with Crippen LogP contribution in [0.1, 0.15) is 9.75 Å². The highest BCUT2D eigenvalue weighted by Crippen LogP contribution is 2.49. The van der Waals surface area contributed by atoms with Gasteiger partial charge in [-0.3, -0.25) is 0 Å². The van der Waals surface area contributed by atoms with Gasteiger partial charge in [-0.1, -0.05) is 35.3 Å². The van der Waals surface area contributed by atoms with Crippen LogP contribution in [0, 0.1) is 11.6 Å². The van der Waals surface area contributed by atoms with Gasteiger partial charge in [0.05, 0.1) is 20.9 Å². The molecule has 7 rings (SSSR count). The third-order valence-electron chi connectivity index (χ3n) is 6.42. The van der Waals surface area contributed by atoms with Crippen molar-refractivity contribution in [3.8, 4) is 39.8 Å². The van der Waals surface area contributed by atoms with Crippen LogP contribution >= 0.6 is 45.9 Å². The second-order valence-electron chi connectivity index (χ2n) is 8.68. The maximum atomic E-state index is 16.0. The molecule has 0 unspecified atom stereocenters. The minimum Gasteiger partial charge on any atom is -0.486 e. The lowest BCUT2D eigenvalue weighted by molar-refractivity contribution is 0.286. The van der Waals surface area contributed by atoms with Crippen LogP contribution in [0.15, 0.2) is 54.6 Å². The molecule has 2 aromatic carbocycles. The van der Waals surface area contributed by atoms with E-state index in [1.54, 1.807) is 42.5 Å². The summed E-state index contributed by atoms with van der Waals surface area (Å²) in [5, 5.41) is 11.8. The molecule has 4 aromatic heterocycles. The van der Waals surface area contributed by atoms with Gasteiger partial charge < -0.3 is 14.6 Å². The Bertz CT molecular complexity index is 1960. The summed E-state index contributed by atoms with van der Waals surface area (Å²) in [7, 11) is 0. The number of ether oxygens (including phenoxy) is 2. The zero-order chi connectivity index (χ0) is 26.8. The van der Waals surface area contributed by atoms with Gasteiger partial charge in [-0.05, 0) is 42.5 Å². The second kappa shape index (κ2) is 9.39. The third kappa shape index (κ3) is 3.96. The standard InChI is InChI=1S/C28H14Cl2F2N2O3S2/c29-20-8-6-16-25(33-20)23-13-4-5-15(24(32)28(13)39-19(23)11-36-16)37-17-7-9-21(30)34-26(17)22-12-2-1-3-14(31)27(12)38-18(22)10-35/h1-9,35H,10-11H2. The minimum absolute atomic E-state index is 0.0251. The van der Waals surface area contributed by atoms with Gasteiger partial charge in [-0.25, -0.2) is 18.7 Å². The highest BCUT2D eigenvalue weighted by Gasteiger charge is 2.27. The number of fused-ring (bicyclic) bond motifs is 6. The van der Waals surface area contributed by atoms with Crippen LogP contribution < -0.4 is 9.47 Å². The quantitative estimate of drug-likeness (QED) is 0.205. The molecule has 6 aromatic rings. The molecule has 1 aliphatic heterocycles. The summed E-state index contributed by atoms with van der Waals surface area (Å²) in [4.78, 5) is 10.2. The Labute approximate surface area is 237 Å². The van der Waals surface area contributed by atoms with Crippen LogP contribution in [-0.2, 0) is 13.2 Å². The van der Waals surface area contributed by atoms with Crippen LogP contribution in [-0.4, -0.2) is 15.1 Å². The lowest BCUT2D eigenvalue weighted by Crippen LogP contribution is -2.04. The molecule has 0 saturated carbocycles. The monoisotopic (exact) mass is 598 g/mol. The lowest BCUT2D eigenvalue weighted by atomic mass is 10.0. The van der Waals surface area contributed by atoms with Crippen molar-refractivity contribution in [1.82, 2.24) is 9.97 Å². The van der Waals surface area contributed by atoms with Crippen molar-refractivity contribution in [3.63, 3.8) is 0 Å². The fourth-order valence-corrected chi connectivity index (χ4v) is 7.27. The van der Waals surface area contributed by atoms with Crippen LogP contribution in [0.2, 0.25) is 10.3 Å². The molecule has 5 heterocycles. The summed E-state index contributed by atoms with van der Waals surface area (Å²) < 4.78 is 43.2.